The zero-order valence-electron chi connectivity index (χ0n) is 14.2. The highest BCUT2D eigenvalue weighted by molar-refractivity contribution is 5.88. The van der Waals surface area contributed by atoms with E-state index in [1.165, 1.54) is 30.3 Å². The summed E-state index contributed by atoms with van der Waals surface area (Å²) in [4.78, 5) is 24.0. The second-order valence-corrected chi connectivity index (χ2v) is 6.26. The molecule has 0 amide bonds. The molecule has 0 saturated heterocycles. The molecule has 7 heteroatoms. The van der Waals surface area contributed by atoms with E-state index in [9.17, 15) is 19.1 Å². The molecule has 4 rings (SSSR count). The Kier molecular flexibility index (Phi) is 4.19. The summed E-state index contributed by atoms with van der Waals surface area (Å²) < 4.78 is 19.7. The van der Waals surface area contributed by atoms with E-state index in [1.807, 2.05) is 12.1 Å². The van der Waals surface area contributed by atoms with Gasteiger partial charge in [0.15, 0.2) is 0 Å². The van der Waals surface area contributed by atoms with Gasteiger partial charge in [-0.2, -0.15) is 5.10 Å². The number of aromatic carboxylic acids is 1. The highest BCUT2D eigenvalue weighted by atomic mass is 19.1. The minimum Gasteiger partial charge on any atom is -0.493 e. The van der Waals surface area contributed by atoms with Gasteiger partial charge >= 0.3 is 5.97 Å². The molecule has 0 aliphatic carbocycles. The van der Waals surface area contributed by atoms with Crippen LogP contribution in [0.5, 0.6) is 5.75 Å². The van der Waals surface area contributed by atoms with Crippen LogP contribution in [-0.2, 0) is 13.0 Å². The van der Waals surface area contributed by atoms with E-state index in [0.29, 0.717) is 23.4 Å². The molecular weight excluding hydrogens is 351 g/mol. The van der Waals surface area contributed by atoms with Gasteiger partial charge in [-0.1, -0.05) is 12.1 Å². The smallest absolute Gasteiger partial charge is 0.341 e. The van der Waals surface area contributed by atoms with E-state index < -0.39 is 11.5 Å². The number of carboxylic acids is 1. The average Bonchev–Trinajstić information content (AvgIpc) is 3.12. The second-order valence-electron chi connectivity index (χ2n) is 6.26. The van der Waals surface area contributed by atoms with E-state index in [4.69, 9.17) is 4.74 Å². The van der Waals surface area contributed by atoms with E-state index >= 15 is 0 Å². The Morgan fingerprint density at radius 1 is 1.19 bits per heavy atom. The third kappa shape index (κ3) is 3.31. The molecule has 1 aromatic heterocycles. The highest BCUT2D eigenvalue weighted by Crippen LogP contribution is 2.29. The molecule has 0 radical (unpaired) electrons. The van der Waals surface area contributed by atoms with Gasteiger partial charge in [0, 0.05) is 12.0 Å². The molecule has 1 aliphatic heterocycles. The second kappa shape index (κ2) is 6.68. The summed E-state index contributed by atoms with van der Waals surface area (Å²) in [6.07, 6.45) is 0.768. The van der Waals surface area contributed by atoms with Crippen LogP contribution in [0.25, 0.3) is 11.3 Å². The first kappa shape index (κ1) is 17.0. The first-order valence-electron chi connectivity index (χ1n) is 8.37. The predicted molar refractivity (Wildman–Crippen MR) is 95.6 cm³/mol. The van der Waals surface area contributed by atoms with Gasteiger partial charge in [-0.05, 0) is 47.5 Å². The number of benzene rings is 2. The van der Waals surface area contributed by atoms with E-state index in [2.05, 4.69) is 5.10 Å². The average molecular weight is 366 g/mol. The van der Waals surface area contributed by atoms with Crippen LogP contribution in [0, 0.1) is 5.82 Å². The minimum absolute atomic E-state index is 0.0429. The van der Waals surface area contributed by atoms with Crippen molar-refractivity contribution in [1.29, 1.82) is 0 Å². The van der Waals surface area contributed by atoms with Crippen LogP contribution >= 0.6 is 0 Å². The fourth-order valence-electron chi connectivity index (χ4n) is 3.05. The van der Waals surface area contributed by atoms with Gasteiger partial charge in [0.05, 0.1) is 18.8 Å². The minimum atomic E-state index is -1.32. The zero-order chi connectivity index (χ0) is 19.0. The van der Waals surface area contributed by atoms with Crippen molar-refractivity contribution in [2.24, 2.45) is 0 Å². The lowest BCUT2D eigenvalue weighted by Gasteiger charge is -2.10. The fraction of sp³-hybridized carbons (Fsp3) is 0.150. The number of carboxylic acid groups (broad SMARTS) is 1. The third-order valence-corrected chi connectivity index (χ3v) is 4.44. The van der Waals surface area contributed by atoms with Crippen molar-refractivity contribution in [2.75, 3.05) is 6.61 Å². The molecule has 0 unspecified atom stereocenters. The van der Waals surface area contributed by atoms with Crippen molar-refractivity contribution in [3.05, 3.63) is 81.4 Å². The van der Waals surface area contributed by atoms with Crippen molar-refractivity contribution >= 4 is 5.97 Å². The number of ether oxygens (including phenoxy) is 1. The molecule has 0 spiro atoms. The van der Waals surface area contributed by atoms with E-state index in [0.717, 1.165) is 22.4 Å². The summed E-state index contributed by atoms with van der Waals surface area (Å²) in [5, 5.41) is 13.7. The van der Waals surface area contributed by atoms with E-state index in [1.54, 1.807) is 6.07 Å². The number of halogens is 1. The predicted octanol–water partition coefficient (Wildman–Crippen LogP) is 2.73. The Balaban J connectivity index is 1.80. The normalized spacial score (nSPS) is 12.5. The Morgan fingerprint density at radius 2 is 1.96 bits per heavy atom. The Hall–Kier alpha value is -3.48. The summed E-state index contributed by atoms with van der Waals surface area (Å²) in [7, 11) is 0. The monoisotopic (exact) mass is 366 g/mol. The van der Waals surface area contributed by atoms with Gasteiger partial charge < -0.3 is 9.84 Å². The van der Waals surface area contributed by atoms with Crippen LogP contribution < -0.4 is 10.3 Å². The molecule has 1 N–H and O–H groups in total. The van der Waals surface area contributed by atoms with Gasteiger partial charge in [0.25, 0.3) is 5.56 Å². The molecule has 6 nitrogen and oxygen atoms in total. The Bertz CT molecular complexity index is 1090. The molecule has 27 heavy (non-hydrogen) atoms. The molecule has 0 saturated carbocycles. The number of aromatic nitrogens is 2. The lowest BCUT2D eigenvalue weighted by atomic mass is 10.1. The molecular formula is C20H15FN2O4. The first-order valence-corrected chi connectivity index (χ1v) is 8.37. The van der Waals surface area contributed by atoms with Crippen LogP contribution in [-0.4, -0.2) is 27.5 Å². The van der Waals surface area contributed by atoms with Crippen LogP contribution in [0.3, 0.4) is 0 Å². The molecule has 1 aliphatic rings. The highest BCUT2D eigenvalue weighted by Gasteiger charge is 2.18. The van der Waals surface area contributed by atoms with Crippen LogP contribution in [0.4, 0.5) is 4.39 Å². The van der Waals surface area contributed by atoms with Crippen LogP contribution in [0.1, 0.15) is 21.5 Å². The Labute approximate surface area is 153 Å². The Morgan fingerprint density at radius 3 is 2.70 bits per heavy atom. The number of hydrogen-bond donors (Lipinski definition) is 1. The van der Waals surface area contributed by atoms with Crippen LogP contribution in [0.15, 0.2) is 53.3 Å². The first-order chi connectivity index (χ1) is 13.0. The summed E-state index contributed by atoms with van der Waals surface area (Å²) >= 11 is 0. The largest absolute Gasteiger partial charge is 0.493 e. The molecule has 136 valence electrons. The van der Waals surface area contributed by atoms with Crippen molar-refractivity contribution in [3.63, 3.8) is 0 Å². The maximum absolute atomic E-state index is 13.1. The molecule has 2 heterocycles. The SMILES string of the molecule is O=C(O)c1cc(-c2ccc3c(c2)CCO3)nn(Cc2ccc(F)cc2)c1=O. The summed E-state index contributed by atoms with van der Waals surface area (Å²) in [5.41, 5.74) is 1.67. The number of carbonyl (C=O) groups is 1. The van der Waals surface area contributed by atoms with Crippen molar-refractivity contribution in [1.82, 2.24) is 9.78 Å². The topological polar surface area (TPSA) is 81.4 Å². The molecule has 0 bridgehead atoms. The third-order valence-electron chi connectivity index (χ3n) is 4.44. The summed E-state index contributed by atoms with van der Waals surface area (Å²) in [5.74, 6) is -0.905. The van der Waals surface area contributed by atoms with Crippen molar-refractivity contribution in [2.45, 2.75) is 13.0 Å². The van der Waals surface area contributed by atoms with Crippen molar-refractivity contribution in [3.8, 4) is 17.0 Å². The van der Waals surface area contributed by atoms with Gasteiger partial charge in [-0.3, -0.25) is 4.79 Å². The van der Waals surface area contributed by atoms with E-state index in [-0.39, 0.29) is 17.9 Å². The molecule has 0 fully saturated rings. The fourth-order valence-corrected chi connectivity index (χ4v) is 3.05. The lowest BCUT2D eigenvalue weighted by molar-refractivity contribution is 0.0693. The van der Waals surface area contributed by atoms with Crippen LogP contribution in [0.2, 0.25) is 0 Å². The van der Waals surface area contributed by atoms with Gasteiger partial charge in [-0.25, -0.2) is 13.9 Å². The maximum atomic E-state index is 13.1. The lowest BCUT2D eigenvalue weighted by Crippen LogP contribution is -2.29. The van der Waals surface area contributed by atoms with Crippen molar-refractivity contribution < 1.29 is 19.0 Å². The number of fused-ring (bicyclic) bond motifs is 1. The summed E-state index contributed by atoms with van der Waals surface area (Å²) in [6, 6.07) is 12.4. The maximum Gasteiger partial charge on any atom is 0.341 e. The molecule has 3 aromatic rings. The number of hydrogen-bond acceptors (Lipinski definition) is 4. The quantitative estimate of drug-likeness (QED) is 0.768. The van der Waals surface area contributed by atoms with Gasteiger partial charge in [0.1, 0.15) is 17.1 Å². The zero-order valence-corrected chi connectivity index (χ0v) is 14.2. The molecule has 0 atom stereocenters. The standard InChI is InChI=1S/C20H15FN2O4/c21-15-4-1-12(2-5-15)11-23-19(24)16(20(25)26)10-17(22-23)13-3-6-18-14(9-13)7-8-27-18/h1-6,9-10H,7-8,11H2,(H,25,26). The van der Waals surface area contributed by atoms with Gasteiger partial charge in [-0.15, -0.1) is 0 Å². The number of rotatable bonds is 4. The summed E-state index contributed by atoms with van der Waals surface area (Å²) in [6.45, 7) is 0.651. The number of nitrogens with zero attached hydrogens (tertiary/aromatic N) is 2. The van der Waals surface area contributed by atoms with Gasteiger partial charge in [0.2, 0.25) is 0 Å². The molecule has 2 aromatic carbocycles.